The van der Waals surface area contributed by atoms with E-state index in [1.165, 1.54) is 0 Å². The Balaban J connectivity index is 3.29. The van der Waals surface area contributed by atoms with Crippen LogP contribution in [0, 0.1) is 6.92 Å². The molecule has 0 aliphatic heterocycles. The molecule has 60 valence electrons. The van der Waals surface area contributed by atoms with Crippen LogP contribution in [0.3, 0.4) is 0 Å². The number of benzene rings is 1. The SMILES string of the molecule is CSc1c(N)ccc(C)c1N. The Morgan fingerprint density at radius 1 is 1.27 bits per heavy atom. The van der Waals surface area contributed by atoms with Crippen molar-refractivity contribution in [3.8, 4) is 0 Å². The zero-order valence-electron chi connectivity index (χ0n) is 6.72. The van der Waals surface area contributed by atoms with Crippen LogP contribution in [-0.2, 0) is 0 Å². The Morgan fingerprint density at radius 3 is 2.36 bits per heavy atom. The molecule has 0 saturated heterocycles. The standard InChI is InChI=1S/C8H12N2S/c1-5-3-4-6(9)8(11-2)7(5)10/h3-4H,9-10H2,1-2H3. The van der Waals surface area contributed by atoms with Gasteiger partial charge in [-0.05, 0) is 24.8 Å². The molecule has 1 rings (SSSR count). The average molecular weight is 168 g/mol. The normalized spacial score (nSPS) is 10.0. The summed E-state index contributed by atoms with van der Waals surface area (Å²) in [6, 6.07) is 3.82. The number of nitrogens with two attached hydrogens (primary N) is 2. The molecule has 0 spiro atoms. The van der Waals surface area contributed by atoms with Crippen molar-refractivity contribution in [3.63, 3.8) is 0 Å². The fourth-order valence-electron chi connectivity index (χ4n) is 0.943. The van der Waals surface area contributed by atoms with Crippen molar-refractivity contribution in [2.45, 2.75) is 11.8 Å². The lowest BCUT2D eigenvalue weighted by Crippen LogP contribution is -1.96. The first kappa shape index (κ1) is 8.27. The quantitative estimate of drug-likeness (QED) is 0.497. The molecule has 0 atom stereocenters. The van der Waals surface area contributed by atoms with Gasteiger partial charge in [-0.25, -0.2) is 0 Å². The second-order valence-electron chi connectivity index (χ2n) is 2.42. The molecule has 0 saturated carbocycles. The largest absolute Gasteiger partial charge is 0.398 e. The number of rotatable bonds is 1. The summed E-state index contributed by atoms with van der Waals surface area (Å²) in [5, 5.41) is 0. The van der Waals surface area contributed by atoms with Crippen LogP contribution in [0.2, 0.25) is 0 Å². The predicted octanol–water partition coefficient (Wildman–Crippen LogP) is 1.88. The molecule has 0 unspecified atom stereocenters. The molecule has 2 nitrogen and oxygen atoms in total. The van der Waals surface area contributed by atoms with Gasteiger partial charge in [-0.2, -0.15) is 0 Å². The molecule has 4 N–H and O–H groups in total. The molecule has 0 aliphatic carbocycles. The van der Waals surface area contributed by atoms with E-state index in [4.69, 9.17) is 11.5 Å². The van der Waals surface area contributed by atoms with Crippen molar-refractivity contribution < 1.29 is 0 Å². The molecule has 0 amide bonds. The van der Waals surface area contributed by atoms with Crippen molar-refractivity contribution in [1.29, 1.82) is 0 Å². The minimum absolute atomic E-state index is 0.764. The minimum Gasteiger partial charge on any atom is -0.398 e. The van der Waals surface area contributed by atoms with E-state index in [0.717, 1.165) is 21.8 Å². The molecule has 0 fully saturated rings. The van der Waals surface area contributed by atoms with E-state index < -0.39 is 0 Å². The van der Waals surface area contributed by atoms with Crippen LogP contribution in [0.5, 0.6) is 0 Å². The zero-order valence-corrected chi connectivity index (χ0v) is 7.53. The summed E-state index contributed by atoms with van der Waals surface area (Å²) in [7, 11) is 0. The zero-order chi connectivity index (χ0) is 8.43. The van der Waals surface area contributed by atoms with Gasteiger partial charge in [-0.3, -0.25) is 0 Å². The molecule has 1 aromatic rings. The molecule has 0 aliphatic rings. The monoisotopic (exact) mass is 168 g/mol. The summed E-state index contributed by atoms with van der Waals surface area (Å²) in [6.07, 6.45) is 1.97. The van der Waals surface area contributed by atoms with Crippen molar-refractivity contribution in [1.82, 2.24) is 0 Å². The van der Waals surface area contributed by atoms with Crippen LogP contribution in [0.15, 0.2) is 17.0 Å². The summed E-state index contributed by atoms with van der Waals surface area (Å²) in [5.41, 5.74) is 14.1. The van der Waals surface area contributed by atoms with Crippen molar-refractivity contribution in [2.24, 2.45) is 0 Å². The smallest absolute Gasteiger partial charge is 0.0532 e. The lowest BCUT2D eigenvalue weighted by atomic mass is 10.2. The molecular weight excluding hydrogens is 156 g/mol. The van der Waals surface area contributed by atoms with Gasteiger partial charge < -0.3 is 11.5 Å². The summed E-state index contributed by atoms with van der Waals surface area (Å²) < 4.78 is 0. The lowest BCUT2D eigenvalue weighted by Gasteiger charge is -2.07. The molecule has 0 bridgehead atoms. The maximum absolute atomic E-state index is 5.79. The Bertz CT molecular complexity index is 271. The van der Waals surface area contributed by atoms with Crippen molar-refractivity contribution >= 4 is 23.1 Å². The van der Waals surface area contributed by atoms with E-state index in [1.807, 2.05) is 25.3 Å². The third kappa shape index (κ3) is 1.43. The first-order valence-electron chi connectivity index (χ1n) is 3.35. The number of anilines is 2. The van der Waals surface area contributed by atoms with E-state index in [2.05, 4.69) is 0 Å². The second kappa shape index (κ2) is 3.05. The fraction of sp³-hybridized carbons (Fsp3) is 0.250. The van der Waals surface area contributed by atoms with Gasteiger partial charge in [-0.1, -0.05) is 6.07 Å². The maximum atomic E-state index is 5.79. The maximum Gasteiger partial charge on any atom is 0.0532 e. The van der Waals surface area contributed by atoms with Gasteiger partial charge in [0.25, 0.3) is 0 Å². The highest BCUT2D eigenvalue weighted by Crippen LogP contribution is 2.31. The predicted molar refractivity (Wildman–Crippen MR) is 51.8 cm³/mol. The number of hydrogen-bond acceptors (Lipinski definition) is 3. The van der Waals surface area contributed by atoms with Gasteiger partial charge >= 0.3 is 0 Å². The highest BCUT2D eigenvalue weighted by Gasteiger charge is 2.03. The van der Waals surface area contributed by atoms with Crippen molar-refractivity contribution in [3.05, 3.63) is 17.7 Å². The topological polar surface area (TPSA) is 52.0 Å². The summed E-state index contributed by atoms with van der Waals surface area (Å²) in [4.78, 5) is 0.991. The van der Waals surface area contributed by atoms with E-state index in [-0.39, 0.29) is 0 Å². The molecule has 11 heavy (non-hydrogen) atoms. The molecule has 3 heteroatoms. The Kier molecular flexibility index (Phi) is 2.29. The lowest BCUT2D eigenvalue weighted by molar-refractivity contribution is 1.37. The minimum atomic E-state index is 0.764. The van der Waals surface area contributed by atoms with Crippen LogP contribution < -0.4 is 11.5 Å². The van der Waals surface area contributed by atoms with Crippen LogP contribution in [0.4, 0.5) is 11.4 Å². The van der Waals surface area contributed by atoms with Gasteiger partial charge in [-0.15, -0.1) is 11.8 Å². The highest BCUT2D eigenvalue weighted by molar-refractivity contribution is 7.99. The first-order valence-corrected chi connectivity index (χ1v) is 4.58. The second-order valence-corrected chi connectivity index (χ2v) is 3.24. The van der Waals surface area contributed by atoms with E-state index in [1.54, 1.807) is 11.8 Å². The molecule has 0 heterocycles. The number of nitrogen functional groups attached to an aromatic ring is 2. The van der Waals surface area contributed by atoms with Crippen molar-refractivity contribution in [2.75, 3.05) is 17.7 Å². The summed E-state index contributed by atoms with van der Waals surface area (Å²) in [6.45, 7) is 1.98. The fourth-order valence-corrected chi connectivity index (χ4v) is 1.63. The number of thioether (sulfide) groups is 1. The van der Waals surface area contributed by atoms with Gasteiger partial charge in [0.05, 0.1) is 10.6 Å². The van der Waals surface area contributed by atoms with E-state index in [0.29, 0.717) is 0 Å². The Hall–Kier alpha value is -0.830. The van der Waals surface area contributed by atoms with Gasteiger partial charge in [0.1, 0.15) is 0 Å². The first-order chi connectivity index (χ1) is 5.16. The molecular formula is C8H12N2S. The molecule has 0 aromatic heterocycles. The summed E-state index contributed by atoms with van der Waals surface area (Å²) >= 11 is 1.59. The van der Waals surface area contributed by atoms with Crippen LogP contribution >= 0.6 is 11.8 Å². The van der Waals surface area contributed by atoms with Gasteiger partial charge in [0.2, 0.25) is 0 Å². The van der Waals surface area contributed by atoms with Gasteiger partial charge in [0.15, 0.2) is 0 Å². The highest BCUT2D eigenvalue weighted by atomic mass is 32.2. The van der Waals surface area contributed by atoms with Crippen LogP contribution in [0.1, 0.15) is 5.56 Å². The number of aryl methyl sites for hydroxylation is 1. The third-order valence-corrected chi connectivity index (χ3v) is 2.51. The van der Waals surface area contributed by atoms with Crippen LogP contribution in [0.25, 0.3) is 0 Å². The summed E-state index contributed by atoms with van der Waals surface area (Å²) in [5.74, 6) is 0. The number of hydrogen-bond donors (Lipinski definition) is 2. The van der Waals surface area contributed by atoms with E-state index in [9.17, 15) is 0 Å². The average Bonchev–Trinajstić information content (AvgIpc) is 1.99. The Labute approximate surface area is 71.0 Å². The van der Waals surface area contributed by atoms with Crippen LogP contribution in [-0.4, -0.2) is 6.26 Å². The Morgan fingerprint density at radius 2 is 1.91 bits per heavy atom. The van der Waals surface area contributed by atoms with Gasteiger partial charge in [0, 0.05) is 5.69 Å². The molecule has 0 radical (unpaired) electrons. The molecule has 1 aromatic carbocycles. The van der Waals surface area contributed by atoms with E-state index >= 15 is 0 Å². The third-order valence-electron chi connectivity index (χ3n) is 1.65.